The molecule has 23 heavy (non-hydrogen) atoms. The van der Waals surface area contributed by atoms with Crippen LogP contribution < -0.4 is 4.74 Å². The van der Waals surface area contributed by atoms with Gasteiger partial charge < -0.3 is 4.74 Å². The number of hydrogen-bond donors (Lipinski definition) is 1. The summed E-state index contributed by atoms with van der Waals surface area (Å²) in [7, 11) is 0. The molecule has 0 saturated carbocycles. The van der Waals surface area contributed by atoms with Crippen LogP contribution in [-0.4, -0.2) is 20.4 Å². The number of H-pyrrole nitrogens is 1. The maximum atomic E-state index is 12.5. The van der Waals surface area contributed by atoms with Crippen LogP contribution in [0.25, 0.3) is 11.3 Å². The number of halogens is 3. The van der Waals surface area contributed by atoms with Gasteiger partial charge in [0.2, 0.25) is 5.88 Å². The van der Waals surface area contributed by atoms with E-state index in [1.807, 2.05) is 24.3 Å². The van der Waals surface area contributed by atoms with Gasteiger partial charge in [-0.15, -0.1) is 5.10 Å². The van der Waals surface area contributed by atoms with Crippen LogP contribution in [0.2, 0.25) is 0 Å². The fraction of sp³-hybridized carbons (Fsp3) is 0.133. The molecule has 0 aliphatic carbocycles. The predicted octanol–water partition coefficient (Wildman–Crippen LogP) is 3.46. The molecule has 5 nitrogen and oxygen atoms in total. The van der Waals surface area contributed by atoms with E-state index in [0.717, 1.165) is 23.4 Å². The summed E-state index contributed by atoms with van der Waals surface area (Å²) in [6.07, 6.45) is -1.99. The van der Waals surface area contributed by atoms with E-state index in [2.05, 4.69) is 20.4 Å². The Kier molecular flexibility index (Phi) is 3.96. The van der Waals surface area contributed by atoms with E-state index < -0.39 is 11.7 Å². The highest BCUT2D eigenvalue weighted by atomic mass is 19.4. The second kappa shape index (κ2) is 6.07. The third-order valence-electron chi connectivity index (χ3n) is 3.09. The number of benzene rings is 1. The summed E-state index contributed by atoms with van der Waals surface area (Å²) < 4.78 is 42.8. The highest BCUT2D eigenvalue weighted by molar-refractivity contribution is 5.58. The van der Waals surface area contributed by atoms with Crippen molar-refractivity contribution < 1.29 is 17.9 Å². The van der Waals surface area contributed by atoms with Crippen LogP contribution in [0, 0.1) is 0 Å². The molecule has 0 atom stereocenters. The number of alkyl halides is 3. The molecule has 2 heterocycles. The van der Waals surface area contributed by atoms with Crippen LogP contribution in [0.15, 0.2) is 48.8 Å². The monoisotopic (exact) mass is 320 g/mol. The molecular formula is C15H11F3N4O. The Morgan fingerprint density at radius 1 is 1.13 bits per heavy atom. The zero-order chi connectivity index (χ0) is 16.3. The topological polar surface area (TPSA) is 63.7 Å². The minimum atomic E-state index is -4.41. The van der Waals surface area contributed by atoms with Gasteiger partial charge in [-0.05, 0) is 17.7 Å². The average Bonchev–Trinajstić information content (AvgIpc) is 3.07. The van der Waals surface area contributed by atoms with E-state index in [-0.39, 0.29) is 12.5 Å². The molecule has 0 fully saturated rings. The van der Waals surface area contributed by atoms with Gasteiger partial charge in [-0.2, -0.15) is 13.2 Å². The van der Waals surface area contributed by atoms with Gasteiger partial charge in [0, 0.05) is 24.0 Å². The standard InChI is InChI=1S/C15H11F3N4O/c16-15(17,18)12-4-5-14(19-7-12)23-9-10-2-1-3-11(6-10)13-8-20-22-21-13/h1-8H,9H2,(H,20,21,22). The van der Waals surface area contributed by atoms with Crippen molar-refractivity contribution in [3.05, 3.63) is 59.9 Å². The number of ether oxygens (including phenoxy) is 1. The Morgan fingerprint density at radius 3 is 2.65 bits per heavy atom. The van der Waals surface area contributed by atoms with Gasteiger partial charge in [-0.3, -0.25) is 5.10 Å². The van der Waals surface area contributed by atoms with Crippen LogP contribution in [-0.2, 0) is 12.8 Å². The van der Waals surface area contributed by atoms with Gasteiger partial charge in [0.15, 0.2) is 0 Å². The molecule has 0 aliphatic rings. The number of hydrogen-bond acceptors (Lipinski definition) is 4. The molecule has 0 bridgehead atoms. The molecule has 0 amide bonds. The van der Waals surface area contributed by atoms with Gasteiger partial charge in [-0.25, -0.2) is 4.98 Å². The lowest BCUT2D eigenvalue weighted by atomic mass is 10.1. The van der Waals surface area contributed by atoms with Crippen molar-refractivity contribution in [1.29, 1.82) is 0 Å². The van der Waals surface area contributed by atoms with Crippen LogP contribution >= 0.6 is 0 Å². The molecule has 1 N–H and O–H groups in total. The lowest BCUT2D eigenvalue weighted by Crippen LogP contribution is -2.05. The Bertz CT molecular complexity index is 770. The quantitative estimate of drug-likeness (QED) is 0.799. The minimum absolute atomic E-state index is 0.129. The van der Waals surface area contributed by atoms with Gasteiger partial charge >= 0.3 is 6.18 Å². The molecule has 0 saturated heterocycles. The number of rotatable bonds is 4. The number of nitrogens with zero attached hydrogens (tertiary/aromatic N) is 3. The fourth-order valence-electron chi connectivity index (χ4n) is 1.95. The first kappa shape index (κ1) is 15.0. The fourth-order valence-corrected chi connectivity index (χ4v) is 1.95. The van der Waals surface area contributed by atoms with Crippen molar-refractivity contribution in [3.8, 4) is 17.1 Å². The second-order valence-electron chi connectivity index (χ2n) is 4.73. The lowest BCUT2D eigenvalue weighted by Gasteiger charge is -2.08. The third kappa shape index (κ3) is 3.65. The summed E-state index contributed by atoms with van der Waals surface area (Å²) >= 11 is 0. The maximum Gasteiger partial charge on any atom is 0.417 e. The molecule has 3 rings (SSSR count). The van der Waals surface area contributed by atoms with Gasteiger partial charge in [0.05, 0.1) is 5.56 Å². The molecule has 1 aromatic carbocycles. The molecule has 8 heteroatoms. The van der Waals surface area contributed by atoms with Crippen molar-refractivity contribution in [3.63, 3.8) is 0 Å². The molecule has 0 radical (unpaired) electrons. The first-order valence-electron chi connectivity index (χ1n) is 6.64. The zero-order valence-electron chi connectivity index (χ0n) is 11.7. The molecule has 118 valence electrons. The number of aromatic amines is 1. The van der Waals surface area contributed by atoms with Crippen molar-refractivity contribution >= 4 is 0 Å². The molecule has 0 unspecified atom stereocenters. The van der Waals surface area contributed by atoms with Crippen molar-refractivity contribution in [2.75, 3.05) is 0 Å². The van der Waals surface area contributed by atoms with E-state index in [0.29, 0.717) is 5.69 Å². The average molecular weight is 320 g/mol. The van der Waals surface area contributed by atoms with Crippen LogP contribution in [0.5, 0.6) is 5.88 Å². The van der Waals surface area contributed by atoms with E-state index in [4.69, 9.17) is 4.74 Å². The molecule has 0 aliphatic heterocycles. The van der Waals surface area contributed by atoms with E-state index in [1.165, 1.54) is 6.07 Å². The molecule has 2 aromatic heterocycles. The Morgan fingerprint density at radius 2 is 2.00 bits per heavy atom. The van der Waals surface area contributed by atoms with Crippen molar-refractivity contribution in [2.24, 2.45) is 0 Å². The van der Waals surface area contributed by atoms with Crippen LogP contribution in [0.3, 0.4) is 0 Å². The Hall–Kier alpha value is -2.90. The van der Waals surface area contributed by atoms with Gasteiger partial charge in [0.25, 0.3) is 0 Å². The summed E-state index contributed by atoms with van der Waals surface area (Å²) in [5.74, 6) is 0.129. The minimum Gasteiger partial charge on any atom is -0.473 e. The Balaban J connectivity index is 1.68. The number of pyridine rings is 1. The highest BCUT2D eigenvalue weighted by Gasteiger charge is 2.30. The van der Waals surface area contributed by atoms with E-state index >= 15 is 0 Å². The summed E-state index contributed by atoms with van der Waals surface area (Å²) in [6.45, 7) is 0.185. The normalized spacial score (nSPS) is 11.4. The largest absolute Gasteiger partial charge is 0.473 e. The summed E-state index contributed by atoms with van der Waals surface area (Å²) in [5, 5.41) is 10.2. The van der Waals surface area contributed by atoms with Gasteiger partial charge in [0.1, 0.15) is 12.3 Å². The van der Waals surface area contributed by atoms with E-state index in [1.54, 1.807) is 6.20 Å². The van der Waals surface area contributed by atoms with Crippen molar-refractivity contribution in [1.82, 2.24) is 20.4 Å². The summed E-state index contributed by atoms with van der Waals surface area (Å²) in [6, 6.07) is 9.55. The molecule has 0 spiro atoms. The highest BCUT2D eigenvalue weighted by Crippen LogP contribution is 2.29. The van der Waals surface area contributed by atoms with Crippen LogP contribution in [0.1, 0.15) is 11.1 Å². The third-order valence-corrected chi connectivity index (χ3v) is 3.09. The predicted molar refractivity (Wildman–Crippen MR) is 75.4 cm³/mol. The van der Waals surface area contributed by atoms with Crippen LogP contribution in [0.4, 0.5) is 13.2 Å². The van der Waals surface area contributed by atoms with Crippen molar-refractivity contribution in [2.45, 2.75) is 12.8 Å². The molecular weight excluding hydrogens is 309 g/mol. The summed E-state index contributed by atoms with van der Waals surface area (Å²) in [4.78, 5) is 3.66. The first-order chi connectivity index (χ1) is 11.0. The second-order valence-corrected chi connectivity index (χ2v) is 4.73. The first-order valence-corrected chi connectivity index (χ1v) is 6.64. The smallest absolute Gasteiger partial charge is 0.417 e. The zero-order valence-corrected chi connectivity index (χ0v) is 11.7. The summed E-state index contributed by atoms with van der Waals surface area (Å²) in [5.41, 5.74) is 1.59. The van der Waals surface area contributed by atoms with E-state index in [9.17, 15) is 13.2 Å². The number of aromatic nitrogens is 4. The SMILES string of the molecule is FC(F)(F)c1ccc(OCc2cccc(-c3c[nH]nn3)c2)nc1. The molecule has 3 aromatic rings. The lowest BCUT2D eigenvalue weighted by molar-refractivity contribution is -0.137. The maximum absolute atomic E-state index is 12.5. The van der Waals surface area contributed by atoms with Gasteiger partial charge in [-0.1, -0.05) is 23.4 Å². The Labute approximate surface area is 129 Å². The number of nitrogens with one attached hydrogen (secondary N) is 1.